The van der Waals surface area contributed by atoms with Gasteiger partial charge in [0, 0.05) is 38.5 Å². The number of nitrogens with two attached hydrogens (primary N) is 2. The van der Waals surface area contributed by atoms with Gasteiger partial charge in [-0.2, -0.15) is 0 Å². The Bertz CT molecular complexity index is 1000. The Hall–Kier alpha value is -1.64. The molecule has 1 aliphatic rings. The van der Waals surface area contributed by atoms with Gasteiger partial charge in [-0.25, -0.2) is 9.97 Å². The van der Waals surface area contributed by atoms with Crippen LogP contribution >= 0.6 is 22.7 Å². The second-order valence-corrected chi connectivity index (χ2v) is 11.6. The van der Waals surface area contributed by atoms with Gasteiger partial charge in [-0.1, -0.05) is 0 Å². The van der Waals surface area contributed by atoms with Gasteiger partial charge in [0.2, 0.25) is 0 Å². The number of hydrogen-bond donors (Lipinski definition) is 3. The quantitative estimate of drug-likeness (QED) is 0.571. The van der Waals surface area contributed by atoms with E-state index in [1.54, 1.807) is 22.7 Å². The fourth-order valence-corrected chi connectivity index (χ4v) is 6.72. The maximum atomic E-state index is 6.92. The molecule has 3 aromatic heterocycles. The molecule has 0 amide bonds. The van der Waals surface area contributed by atoms with Gasteiger partial charge in [0.15, 0.2) is 0 Å². The standard InChI is InChI=1S/C22H29N5S2/c1-20(2)12-22(24,13-21(3,4)27-20)19-25-10-9-15(26-19)16-7-8-18(29-16)17-6-5-14(11-23)28-17/h5-10,27H,11-13,23-24H2,1-4H3. The van der Waals surface area contributed by atoms with Crippen LogP contribution in [0.1, 0.15) is 51.2 Å². The predicted octanol–water partition coefficient (Wildman–Crippen LogP) is 4.49. The van der Waals surface area contributed by atoms with Crippen molar-refractivity contribution >= 4 is 22.7 Å². The van der Waals surface area contributed by atoms with E-state index in [4.69, 9.17) is 16.5 Å². The monoisotopic (exact) mass is 427 g/mol. The lowest BCUT2D eigenvalue weighted by atomic mass is 9.71. The van der Waals surface area contributed by atoms with E-state index >= 15 is 0 Å². The van der Waals surface area contributed by atoms with E-state index in [9.17, 15) is 0 Å². The summed E-state index contributed by atoms with van der Waals surface area (Å²) in [5.74, 6) is 0.731. The third kappa shape index (κ3) is 4.29. The molecule has 0 saturated carbocycles. The molecule has 0 bridgehead atoms. The second kappa shape index (κ2) is 7.25. The Morgan fingerprint density at radius 3 is 2.21 bits per heavy atom. The highest BCUT2D eigenvalue weighted by molar-refractivity contribution is 7.23. The van der Waals surface area contributed by atoms with Crippen molar-refractivity contribution in [1.29, 1.82) is 0 Å². The smallest absolute Gasteiger partial charge is 0.148 e. The summed E-state index contributed by atoms with van der Waals surface area (Å²) in [6.07, 6.45) is 3.42. The van der Waals surface area contributed by atoms with E-state index < -0.39 is 5.54 Å². The molecule has 3 aromatic rings. The molecule has 0 aliphatic carbocycles. The number of aromatic nitrogens is 2. The van der Waals surface area contributed by atoms with E-state index in [-0.39, 0.29) is 11.1 Å². The van der Waals surface area contributed by atoms with Crippen LogP contribution in [0.15, 0.2) is 36.5 Å². The molecule has 0 atom stereocenters. The minimum absolute atomic E-state index is 0.0775. The van der Waals surface area contributed by atoms with Crippen molar-refractivity contribution in [2.75, 3.05) is 0 Å². The van der Waals surface area contributed by atoms with Gasteiger partial charge < -0.3 is 16.8 Å². The van der Waals surface area contributed by atoms with Crippen LogP contribution in [-0.4, -0.2) is 21.0 Å². The fraction of sp³-hybridized carbons (Fsp3) is 0.455. The molecule has 7 heteroatoms. The van der Waals surface area contributed by atoms with Crippen LogP contribution in [0.3, 0.4) is 0 Å². The zero-order valence-electron chi connectivity index (χ0n) is 17.5. The molecule has 154 valence electrons. The van der Waals surface area contributed by atoms with Crippen LogP contribution in [0.25, 0.3) is 20.3 Å². The van der Waals surface area contributed by atoms with E-state index in [1.807, 2.05) is 12.3 Å². The summed E-state index contributed by atoms with van der Waals surface area (Å²) < 4.78 is 0. The molecule has 5 N–H and O–H groups in total. The minimum atomic E-state index is -0.557. The van der Waals surface area contributed by atoms with Crippen molar-refractivity contribution in [1.82, 2.24) is 15.3 Å². The van der Waals surface area contributed by atoms with Crippen molar-refractivity contribution in [3.8, 4) is 20.3 Å². The van der Waals surface area contributed by atoms with Crippen molar-refractivity contribution in [2.24, 2.45) is 11.5 Å². The van der Waals surface area contributed by atoms with Gasteiger partial charge >= 0.3 is 0 Å². The summed E-state index contributed by atoms with van der Waals surface area (Å²) in [5, 5.41) is 3.69. The topological polar surface area (TPSA) is 89.8 Å². The number of nitrogens with zero attached hydrogens (tertiary/aromatic N) is 2. The maximum absolute atomic E-state index is 6.92. The van der Waals surface area contributed by atoms with E-state index in [2.05, 4.69) is 62.3 Å². The Balaban J connectivity index is 1.66. The summed E-state index contributed by atoms with van der Waals surface area (Å²) in [5.41, 5.74) is 12.9. The highest BCUT2D eigenvalue weighted by Crippen LogP contribution is 2.41. The minimum Gasteiger partial charge on any atom is -0.326 e. The SMILES string of the molecule is CC1(C)CC(N)(c2nccc(-c3ccc(-c4ccc(CN)s4)s3)n2)CC(C)(C)N1. The summed E-state index contributed by atoms with van der Waals surface area (Å²) in [6.45, 7) is 9.37. The van der Waals surface area contributed by atoms with Crippen LogP contribution in [-0.2, 0) is 12.1 Å². The highest BCUT2D eigenvalue weighted by Gasteiger charge is 2.47. The van der Waals surface area contributed by atoms with Crippen LogP contribution in [0.2, 0.25) is 0 Å². The third-order valence-electron chi connectivity index (χ3n) is 5.26. The molecule has 5 nitrogen and oxygen atoms in total. The van der Waals surface area contributed by atoms with E-state index in [0.717, 1.165) is 29.2 Å². The van der Waals surface area contributed by atoms with Gasteiger partial charge in [-0.05, 0) is 70.9 Å². The first-order valence-electron chi connectivity index (χ1n) is 9.90. The lowest BCUT2D eigenvalue weighted by molar-refractivity contribution is 0.0991. The Morgan fingerprint density at radius 2 is 1.55 bits per heavy atom. The normalized spacial score (nSPS) is 19.9. The second-order valence-electron chi connectivity index (χ2n) is 9.30. The van der Waals surface area contributed by atoms with Gasteiger partial charge in [0.05, 0.1) is 16.1 Å². The van der Waals surface area contributed by atoms with Crippen molar-refractivity contribution < 1.29 is 0 Å². The average molecular weight is 428 g/mol. The molecule has 1 fully saturated rings. The number of thiophene rings is 2. The highest BCUT2D eigenvalue weighted by atomic mass is 32.1. The van der Waals surface area contributed by atoms with Gasteiger partial charge in [0.1, 0.15) is 5.82 Å². The summed E-state index contributed by atoms with van der Waals surface area (Å²) in [6, 6.07) is 10.5. The van der Waals surface area contributed by atoms with Crippen molar-refractivity contribution in [3.05, 3.63) is 47.2 Å². The van der Waals surface area contributed by atoms with E-state index in [1.165, 1.54) is 14.6 Å². The molecule has 4 rings (SSSR count). The molecule has 0 aromatic carbocycles. The zero-order chi connectivity index (χ0) is 20.9. The molecular formula is C22H29N5S2. The van der Waals surface area contributed by atoms with Crippen LogP contribution < -0.4 is 16.8 Å². The summed E-state index contributed by atoms with van der Waals surface area (Å²) >= 11 is 3.49. The third-order valence-corrected chi connectivity index (χ3v) is 7.67. The largest absolute Gasteiger partial charge is 0.326 e. The molecule has 1 saturated heterocycles. The first-order valence-corrected chi connectivity index (χ1v) is 11.5. The Kier molecular flexibility index (Phi) is 5.16. The van der Waals surface area contributed by atoms with Crippen molar-refractivity contribution in [2.45, 2.75) is 63.7 Å². The van der Waals surface area contributed by atoms with Crippen LogP contribution in [0.5, 0.6) is 0 Å². The lowest BCUT2D eigenvalue weighted by Crippen LogP contribution is -2.65. The van der Waals surface area contributed by atoms with Crippen LogP contribution in [0.4, 0.5) is 0 Å². The number of nitrogens with one attached hydrogen (secondary N) is 1. The average Bonchev–Trinajstić information content (AvgIpc) is 3.28. The fourth-order valence-electron chi connectivity index (χ4n) is 4.77. The predicted molar refractivity (Wildman–Crippen MR) is 123 cm³/mol. The van der Waals surface area contributed by atoms with E-state index in [0.29, 0.717) is 6.54 Å². The number of rotatable bonds is 4. The first kappa shape index (κ1) is 20.6. The molecular weight excluding hydrogens is 398 g/mol. The zero-order valence-corrected chi connectivity index (χ0v) is 19.1. The first-order chi connectivity index (χ1) is 13.6. The molecule has 0 spiro atoms. The van der Waals surface area contributed by atoms with Gasteiger partial charge in [-0.3, -0.25) is 0 Å². The Morgan fingerprint density at radius 1 is 0.931 bits per heavy atom. The van der Waals surface area contributed by atoms with Gasteiger partial charge in [0.25, 0.3) is 0 Å². The maximum Gasteiger partial charge on any atom is 0.148 e. The molecule has 29 heavy (non-hydrogen) atoms. The molecule has 4 heterocycles. The molecule has 1 aliphatic heterocycles. The lowest BCUT2D eigenvalue weighted by Gasteiger charge is -2.50. The number of hydrogen-bond acceptors (Lipinski definition) is 7. The molecule has 0 unspecified atom stereocenters. The summed E-state index contributed by atoms with van der Waals surface area (Å²) in [7, 11) is 0. The number of piperidine rings is 1. The molecule has 0 radical (unpaired) electrons. The Labute approximate surface area is 180 Å². The van der Waals surface area contributed by atoms with Crippen LogP contribution in [0, 0.1) is 0 Å². The van der Waals surface area contributed by atoms with Gasteiger partial charge in [-0.15, -0.1) is 22.7 Å². The van der Waals surface area contributed by atoms with Crippen molar-refractivity contribution in [3.63, 3.8) is 0 Å². The summed E-state index contributed by atoms with van der Waals surface area (Å²) in [4.78, 5) is 14.3.